The van der Waals surface area contributed by atoms with Crippen LogP contribution in [0.5, 0.6) is 0 Å². The van der Waals surface area contributed by atoms with Crippen molar-refractivity contribution in [2.75, 3.05) is 26.4 Å². The van der Waals surface area contributed by atoms with Crippen molar-refractivity contribution in [3.05, 3.63) is 29.8 Å². The van der Waals surface area contributed by atoms with E-state index in [-0.39, 0.29) is 17.4 Å². The summed E-state index contributed by atoms with van der Waals surface area (Å²) in [4.78, 5) is 0.260. The molecule has 6 heteroatoms. The van der Waals surface area contributed by atoms with Gasteiger partial charge in [-0.15, -0.1) is 0 Å². The highest BCUT2D eigenvalue weighted by atomic mass is 32.2. The van der Waals surface area contributed by atoms with E-state index >= 15 is 0 Å². The summed E-state index contributed by atoms with van der Waals surface area (Å²) >= 11 is 0. The maximum Gasteiger partial charge on any atom is 0.240 e. The molecular formula is C14H21NO4S. The van der Waals surface area contributed by atoms with Gasteiger partial charge >= 0.3 is 0 Å². The first-order valence-corrected chi connectivity index (χ1v) is 8.37. The van der Waals surface area contributed by atoms with Crippen LogP contribution in [0.2, 0.25) is 0 Å². The summed E-state index contributed by atoms with van der Waals surface area (Å²) in [5.74, 6) is 0.257. The molecule has 1 atom stereocenters. The molecule has 0 radical (unpaired) electrons. The van der Waals surface area contributed by atoms with Crippen LogP contribution < -0.4 is 4.72 Å². The van der Waals surface area contributed by atoms with Crippen molar-refractivity contribution in [3.63, 3.8) is 0 Å². The molecule has 1 heterocycles. The van der Waals surface area contributed by atoms with Crippen molar-refractivity contribution >= 4 is 10.0 Å². The third kappa shape index (κ3) is 4.28. The van der Waals surface area contributed by atoms with Crippen LogP contribution in [0.4, 0.5) is 0 Å². The topological polar surface area (TPSA) is 75.6 Å². The number of ether oxygens (including phenoxy) is 1. The van der Waals surface area contributed by atoms with E-state index in [0.29, 0.717) is 19.6 Å². The molecule has 1 unspecified atom stereocenters. The summed E-state index contributed by atoms with van der Waals surface area (Å²) in [6.45, 7) is 1.88. The highest BCUT2D eigenvalue weighted by Crippen LogP contribution is 2.15. The van der Waals surface area contributed by atoms with E-state index in [1.165, 1.54) is 0 Å². The summed E-state index contributed by atoms with van der Waals surface area (Å²) in [6, 6.07) is 6.61. The lowest BCUT2D eigenvalue weighted by molar-refractivity contribution is 0.0568. The van der Waals surface area contributed by atoms with Crippen LogP contribution in [-0.4, -0.2) is 39.9 Å². The summed E-state index contributed by atoms with van der Waals surface area (Å²) in [5, 5.41) is 8.83. The normalized spacial score (nSPS) is 19.9. The summed E-state index contributed by atoms with van der Waals surface area (Å²) in [5.41, 5.74) is 0.923. The second-order valence-corrected chi connectivity index (χ2v) is 6.82. The third-order valence-corrected chi connectivity index (χ3v) is 4.89. The fourth-order valence-electron chi connectivity index (χ4n) is 2.24. The van der Waals surface area contributed by atoms with Gasteiger partial charge in [0.15, 0.2) is 0 Å². The van der Waals surface area contributed by atoms with Gasteiger partial charge in [-0.3, -0.25) is 0 Å². The summed E-state index contributed by atoms with van der Waals surface area (Å²) in [7, 11) is -3.46. The molecule has 1 aromatic carbocycles. The fraction of sp³-hybridized carbons (Fsp3) is 0.571. The monoisotopic (exact) mass is 299 g/mol. The Morgan fingerprint density at radius 1 is 1.30 bits per heavy atom. The van der Waals surface area contributed by atoms with Crippen molar-refractivity contribution in [2.24, 2.45) is 5.92 Å². The zero-order valence-electron chi connectivity index (χ0n) is 11.4. The Morgan fingerprint density at radius 3 is 2.65 bits per heavy atom. The van der Waals surface area contributed by atoms with Crippen LogP contribution in [0.15, 0.2) is 29.2 Å². The first-order valence-electron chi connectivity index (χ1n) is 6.89. The molecule has 0 amide bonds. The van der Waals surface area contributed by atoms with Gasteiger partial charge in [0, 0.05) is 19.8 Å². The van der Waals surface area contributed by atoms with E-state index < -0.39 is 10.0 Å². The minimum atomic E-state index is -3.46. The number of sulfonamides is 1. The third-order valence-electron chi connectivity index (χ3n) is 3.45. The first kappa shape index (κ1) is 15.4. The van der Waals surface area contributed by atoms with E-state index in [1.807, 2.05) is 0 Å². The van der Waals surface area contributed by atoms with E-state index in [2.05, 4.69) is 4.72 Å². The fourth-order valence-corrected chi connectivity index (χ4v) is 3.36. The molecule has 2 N–H and O–H groups in total. The molecule has 0 aromatic heterocycles. The van der Waals surface area contributed by atoms with Gasteiger partial charge in [0.2, 0.25) is 10.0 Å². The minimum absolute atomic E-state index is 0.0615. The lowest BCUT2D eigenvalue weighted by Gasteiger charge is -2.22. The van der Waals surface area contributed by atoms with Crippen LogP contribution >= 0.6 is 0 Å². The largest absolute Gasteiger partial charge is 0.396 e. The van der Waals surface area contributed by atoms with Gasteiger partial charge in [0.25, 0.3) is 0 Å². The van der Waals surface area contributed by atoms with E-state index in [0.717, 1.165) is 25.0 Å². The Labute approximate surface area is 120 Å². The van der Waals surface area contributed by atoms with E-state index in [4.69, 9.17) is 9.84 Å². The molecule has 1 aromatic rings. The Bertz CT molecular complexity index is 506. The van der Waals surface area contributed by atoms with Crippen molar-refractivity contribution in [1.29, 1.82) is 0 Å². The van der Waals surface area contributed by atoms with Crippen molar-refractivity contribution in [2.45, 2.75) is 24.2 Å². The lowest BCUT2D eigenvalue weighted by atomic mass is 10.0. The highest BCUT2D eigenvalue weighted by molar-refractivity contribution is 7.89. The number of hydrogen-bond donors (Lipinski definition) is 2. The molecule has 20 heavy (non-hydrogen) atoms. The smallest absolute Gasteiger partial charge is 0.240 e. The minimum Gasteiger partial charge on any atom is -0.396 e. The zero-order chi connectivity index (χ0) is 14.4. The average molecular weight is 299 g/mol. The molecule has 0 saturated carbocycles. The molecular weight excluding hydrogens is 278 g/mol. The van der Waals surface area contributed by atoms with Gasteiger partial charge in [0.1, 0.15) is 0 Å². The SMILES string of the molecule is O=S(=O)(NCC1CCCOC1)c1ccc(CCO)cc1. The first-order chi connectivity index (χ1) is 9.62. The predicted octanol–water partition coefficient (Wildman–Crippen LogP) is 0.926. The van der Waals surface area contributed by atoms with Gasteiger partial charge in [0.05, 0.1) is 11.5 Å². The molecule has 0 spiro atoms. The van der Waals surface area contributed by atoms with Crippen molar-refractivity contribution in [1.82, 2.24) is 4.72 Å². The quantitative estimate of drug-likeness (QED) is 0.819. The molecule has 1 aliphatic heterocycles. The number of aliphatic hydroxyl groups excluding tert-OH is 1. The van der Waals surface area contributed by atoms with Gasteiger partial charge in [-0.05, 0) is 42.9 Å². The van der Waals surface area contributed by atoms with Crippen molar-refractivity contribution < 1.29 is 18.3 Å². The molecule has 2 rings (SSSR count). The summed E-state index contributed by atoms with van der Waals surface area (Å²) in [6.07, 6.45) is 2.52. The van der Waals surface area contributed by atoms with Crippen molar-refractivity contribution in [3.8, 4) is 0 Å². The van der Waals surface area contributed by atoms with Crippen LogP contribution in [0.1, 0.15) is 18.4 Å². The second kappa shape index (κ2) is 7.17. The van der Waals surface area contributed by atoms with Crippen LogP contribution in [-0.2, 0) is 21.2 Å². The summed E-state index contributed by atoms with van der Waals surface area (Å²) < 4.78 is 32.3. The van der Waals surface area contributed by atoms with E-state index in [1.54, 1.807) is 24.3 Å². The number of aliphatic hydroxyl groups is 1. The number of benzene rings is 1. The molecule has 0 bridgehead atoms. The molecule has 1 saturated heterocycles. The Kier molecular flexibility index (Phi) is 5.54. The zero-order valence-corrected chi connectivity index (χ0v) is 12.2. The van der Waals surface area contributed by atoms with Crippen LogP contribution in [0, 0.1) is 5.92 Å². The van der Waals surface area contributed by atoms with E-state index in [9.17, 15) is 8.42 Å². The molecule has 5 nitrogen and oxygen atoms in total. The predicted molar refractivity (Wildman–Crippen MR) is 76.0 cm³/mol. The van der Waals surface area contributed by atoms with Crippen LogP contribution in [0.25, 0.3) is 0 Å². The molecule has 112 valence electrons. The molecule has 0 aliphatic carbocycles. The maximum absolute atomic E-state index is 12.1. The Balaban J connectivity index is 1.94. The van der Waals surface area contributed by atoms with Gasteiger partial charge < -0.3 is 9.84 Å². The molecule has 1 fully saturated rings. The Hall–Kier alpha value is -0.950. The lowest BCUT2D eigenvalue weighted by Crippen LogP contribution is -2.33. The van der Waals surface area contributed by atoms with Gasteiger partial charge in [-0.2, -0.15) is 0 Å². The average Bonchev–Trinajstić information content (AvgIpc) is 2.47. The molecule has 1 aliphatic rings. The standard InChI is InChI=1S/C14H21NO4S/c16-8-7-12-3-5-14(6-4-12)20(17,18)15-10-13-2-1-9-19-11-13/h3-6,13,15-16H,1-2,7-11H2. The van der Waals surface area contributed by atoms with Gasteiger partial charge in [-0.1, -0.05) is 12.1 Å². The Morgan fingerprint density at radius 2 is 2.05 bits per heavy atom. The van der Waals surface area contributed by atoms with Crippen LogP contribution in [0.3, 0.4) is 0 Å². The number of nitrogens with one attached hydrogen (secondary N) is 1. The van der Waals surface area contributed by atoms with Gasteiger partial charge in [-0.25, -0.2) is 13.1 Å². The maximum atomic E-state index is 12.1. The number of hydrogen-bond acceptors (Lipinski definition) is 4. The highest BCUT2D eigenvalue weighted by Gasteiger charge is 2.19. The number of rotatable bonds is 6. The second-order valence-electron chi connectivity index (χ2n) is 5.05.